The fourth-order valence-corrected chi connectivity index (χ4v) is 10.9. The molecule has 1 fully saturated rings. The summed E-state index contributed by atoms with van der Waals surface area (Å²) in [4.78, 5) is 63.1. The number of pyridine rings is 5. The summed E-state index contributed by atoms with van der Waals surface area (Å²) in [7, 11) is -0.351. The van der Waals surface area contributed by atoms with Gasteiger partial charge < -0.3 is 25.5 Å². The first kappa shape index (κ1) is 55.9. The molecule has 2 N–H and O–H groups in total. The maximum atomic E-state index is 13.8. The zero-order valence-electron chi connectivity index (χ0n) is 40.3. The van der Waals surface area contributed by atoms with Gasteiger partial charge in [0.25, 0.3) is 0 Å². The number of carbonyl (C=O) groups excluding carboxylic acids is 3. The van der Waals surface area contributed by atoms with Crippen LogP contribution in [0.25, 0.3) is 44.3 Å². The van der Waals surface area contributed by atoms with E-state index in [1.807, 2.05) is 133 Å². The van der Waals surface area contributed by atoms with E-state index in [0.29, 0.717) is 38.8 Å². The number of Topliss-reactive ketones (excluding diaryl/α,β-unsaturated/α-hetero) is 1. The summed E-state index contributed by atoms with van der Waals surface area (Å²) in [6, 6.07) is 48.6. The van der Waals surface area contributed by atoms with Crippen molar-refractivity contribution in [3.8, 4) is 22.5 Å². The van der Waals surface area contributed by atoms with Crippen LogP contribution in [0.3, 0.4) is 0 Å². The molecule has 2 amide bonds. The van der Waals surface area contributed by atoms with Gasteiger partial charge in [0.2, 0.25) is 11.8 Å². The van der Waals surface area contributed by atoms with Gasteiger partial charge in [-0.3, -0.25) is 24.4 Å². The van der Waals surface area contributed by atoms with E-state index in [2.05, 4.69) is 52.6 Å². The van der Waals surface area contributed by atoms with Crippen molar-refractivity contribution in [1.82, 2.24) is 35.6 Å². The number of nitrogens with zero attached hydrogens (tertiary/aromatic N) is 6. The minimum Gasteiger partial charge on any atom is -0.361 e. The van der Waals surface area contributed by atoms with Crippen molar-refractivity contribution in [3.05, 3.63) is 177 Å². The average molecular weight is 1210 g/mol. The van der Waals surface area contributed by atoms with Gasteiger partial charge in [-0.05, 0) is 96.4 Å². The van der Waals surface area contributed by atoms with Crippen LogP contribution in [0.4, 0.5) is 5.69 Å². The van der Waals surface area contributed by atoms with Gasteiger partial charge in [-0.25, -0.2) is 13.4 Å². The molecule has 0 bridgehead atoms. The van der Waals surface area contributed by atoms with Crippen LogP contribution >= 0.6 is 21.6 Å². The minimum absolute atomic E-state index is 0. The first-order valence-electron chi connectivity index (χ1n) is 23.7. The Morgan fingerprint density at radius 3 is 1.96 bits per heavy atom. The van der Waals surface area contributed by atoms with Crippen LogP contribution in [0.2, 0.25) is 0 Å². The van der Waals surface area contributed by atoms with Crippen LogP contribution in [-0.2, 0) is 44.3 Å². The summed E-state index contributed by atoms with van der Waals surface area (Å²) >= 11 is 0. The Morgan fingerprint density at radius 2 is 1.34 bits per heavy atom. The van der Waals surface area contributed by atoms with Crippen molar-refractivity contribution >= 4 is 76.5 Å². The molecule has 0 saturated carbocycles. The molecule has 6 heterocycles. The molecule has 3 aromatic carbocycles. The largest absolute Gasteiger partial charge is 0.361 e. The maximum absolute atomic E-state index is 13.8. The molecule has 1 aliphatic rings. The number of sulfone groups is 1. The molecule has 5 aromatic heterocycles. The van der Waals surface area contributed by atoms with E-state index < -0.39 is 33.5 Å². The Hall–Kier alpha value is -6.36. The molecule has 1 aliphatic heterocycles. The summed E-state index contributed by atoms with van der Waals surface area (Å²) in [5.41, 5.74) is 6.44. The van der Waals surface area contributed by atoms with E-state index in [-0.39, 0.29) is 44.8 Å². The average Bonchev–Trinajstić information content (AvgIpc) is 3.92. The van der Waals surface area contributed by atoms with E-state index in [1.165, 1.54) is 0 Å². The molecule has 9 rings (SSSR count). The number of aromatic nitrogens is 5. The summed E-state index contributed by atoms with van der Waals surface area (Å²) < 4.78 is 24.6. The van der Waals surface area contributed by atoms with Crippen molar-refractivity contribution in [2.24, 2.45) is 5.92 Å². The van der Waals surface area contributed by atoms with Crippen LogP contribution in [0.5, 0.6) is 0 Å². The van der Waals surface area contributed by atoms with E-state index >= 15 is 0 Å². The van der Waals surface area contributed by atoms with Crippen molar-refractivity contribution in [2.75, 3.05) is 42.3 Å². The van der Waals surface area contributed by atoms with Crippen LogP contribution in [-0.4, -0.2) is 94.4 Å². The van der Waals surface area contributed by atoms with Gasteiger partial charge in [-0.1, -0.05) is 47.2 Å². The van der Waals surface area contributed by atoms with E-state index in [4.69, 9.17) is 0 Å². The molecule has 1 saturated heterocycles. The van der Waals surface area contributed by atoms with Crippen LogP contribution in [0, 0.1) is 18.1 Å². The molecule has 2 atom stereocenters. The van der Waals surface area contributed by atoms with E-state index in [9.17, 15) is 22.8 Å². The number of hydrogen-bond donors (Lipinski definition) is 2. The molecule has 17 heteroatoms. The number of nitrogens with one attached hydrogen (secondary N) is 2. The third kappa shape index (κ3) is 17.7. The number of benzene rings is 3. The number of unbranched alkanes of at least 4 members (excludes halogenated alkanes) is 1. The third-order valence-electron chi connectivity index (χ3n) is 11.4. The van der Waals surface area contributed by atoms with Crippen molar-refractivity contribution < 1.29 is 42.9 Å². The number of amides is 2. The van der Waals surface area contributed by atoms with Crippen molar-refractivity contribution in [1.29, 1.82) is 0 Å². The molecule has 0 spiro atoms. The molecule has 8 aromatic rings. The van der Waals surface area contributed by atoms with Gasteiger partial charge in [-0.2, -0.15) is 0 Å². The molecule has 379 valence electrons. The van der Waals surface area contributed by atoms with E-state index in [0.717, 1.165) is 73.5 Å². The molecule has 0 aliphatic carbocycles. The summed E-state index contributed by atoms with van der Waals surface area (Å²) in [6.45, 7) is 1.49. The number of rotatable bonds is 19. The molecular formula is C56H56IrN8O5S3-2. The normalized spacial score (nSPS) is 13.3. The number of ketones is 1. The predicted molar refractivity (Wildman–Crippen MR) is 290 cm³/mol. The van der Waals surface area contributed by atoms with Gasteiger partial charge >= 0.3 is 0 Å². The second-order valence-electron chi connectivity index (χ2n) is 16.8. The smallest absolute Gasteiger partial charge is 0.224 e. The van der Waals surface area contributed by atoms with Crippen LogP contribution in [0.1, 0.15) is 38.5 Å². The zero-order valence-corrected chi connectivity index (χ0v) is 45.1. The van der Waals surface area contributed by atoms with Gasteiger partial charge in [0, 0.05) is 112 Å². The number of carbonyl (C=O) groups is 3. The van der Waals surface area contributed by atoms with Gasteiger partial charge in [0.1, 0.15) is 14.9 Å². The molecule has 2 unspecified atom stereocenters. The van der Waals surface area contributed by atoms with Gasteiger partial charge in [0.15, 0.2) is 5.78 Å². The Morgan fingerprint density at radius 1 is 0.712 bits per heavy atom. The first-order chi connectivity index (χ1) is 35.1. The molecular weight excluding hydrogens is 1150 g/mol. The second kappa shape index (κ2) is 29.4. The first-order valence-corrected chi connectivity index (χ1v) is 28.1. The zero-order chi connectivity index (χ0) is 50.4. The third-order valence-corrected chi connectivity index (χ3v) is 14.7. The standard InChI is InChI=1S/C34H40N6O5S3.2C11H8N.Ir/c1-48(44,45)23-25(34(43)39-15-4-2-12-30(42)35-18-20-46-47-31-13-3-5-14-36-31)22-29(41)27-11-8-19-40(27)28-21-24-9-6-16-37-32(24)33-26(28)10-7-17-38-33;2*1-2-6-10(7-3-1)11-8-4-5-9-12-11;/h3,5-7,9-10,13-14,16-17,21,25,27H,2,4,8,11-12,15,18-20,22-23H2,1H3,(H,35,42)(H,39,43);2*1-6,8-9H;/q;2*-1;. The van der Waals surface area contributed by atoms with Crippen LogP contribution < -0.4 is 15.5 Å². The maximum Gasteiger partial charge on any atom is 0.224 e. The molecule has 13 nitrogen and oxygen atoms in total. The van der Waals surface area contributed by atoms with Gasteiger partial charge in [0.05, 0.1) is 28.7 Å². The Kier molecular flexibility index (Phi) is 22.5. The summed E-state index contributed by atoms with van der Waals surface area (Å²) in [5.74, 6) is -1.35. The monoisotopic (exact) mass is 1210 g/mol. The summed E-state index contributed by atoms with van der Waals surface area (Å²) in [5, 5.41) is 8.43. The number of anilines is 1. The molecule has 73 heavy (non-hydrogen) atoms. The Balaban J connectivity index is 0.000000279. The second-order valence-corrected chi connectivity index (χ2v) is 21.5. The minimum atomic E-state index is -3.53. The van der Waals surface area contributed by atoms with Crippen LogP contribution in [0.15, 0.2) is 169 Å². The summed E-state index contributed by atoms with van der Waals surface area (Å²) in [6.07, 6.45) is 12.5. The van der Waals surface area contributed by atoms with E-state index in [1.54, 1.807) is 52.6 Å². The fraction of sp³-hybridized carbons (Fsp3) is 0.250. The molecule has 1 radical (unpaired) electrons. The number of hydrogen-bond acceptors (Lipinski definition) is 13. The predicted octanol–water partition coefficient (Wildman–Crippen LogP) is 9.71. The number of fused-ring (bicyclic) bond motifs is 3. The quantitative estimate of drug-likeness (QED) is 0.0339. The fourth-order valence-electron chi connectivity index (χ4n) is 8.09. The Labute approximate surface area is 448 Å². The topological polar surface area (TPSA) is 177 Å². The Bertz CT molecular complexity index is 2930. The SMILES string of the molecule is CS(=O)(=O)CC(CC(=O)C1CCCN1c1cc2cccnc2c2ncccc12)C(=O)NCCCCC(=O)NCCSSc1ccccn1.[Ir].[c-]1ccccc1-c1ccccn1.[c-]1ccccc1-c1ccccn1. The van der Waals surface area contributed by atoms with Crippen molar-refractivity contribution in [2.45, 2.75) is 49.6 Å². The van der Waals surface area contributed by atoms with Gasteiger partial charge in [-0.15, -0.1) is 71.8 Å². The van der Waals surface area contributed by atoms with Crippen molar-refractivity contribution in [3.63, 3.8) is 0 Å².